The van der Waals surface area contributed by atoms with Crippen LogP contribution in [0, 0.1) is 0 Å². The maximum Gasteiger partial charge on any atom is 0.416 e. The summed E-state index contributed by atoms with van der Waals surface area (Å²) in [6.07, 6.45) is -1.90. The van der Waals surface area contributed by atoms with E-state index < -0.39 is 23.7 Å². The highest BCUT2D eigenvalue weighted by Crippen LogP contribution is 2.32. The minimum Gasteiger partial charge on any atom is -0.342 e. The molecule has 150 valence electrons. The fourth-order valence-electron chi connectivity index (χ4n) is 2.27. The van der Waals surface area contributed by atoms with Crippen molar-refractivity contribution in [1.82, 2.24) is 25.1 Å². The number of nitrogens with zero attached hydrogens (tertiary/aromatic N) is 4. The molecule has 28 heavy (non-hydrogen) atoms. The van der Waals surface area contributed by atoms with E-state index in [0.29, 0.717) is 15.3 Å². The molecule has 2 aromatic heterocycles. The van der Waals surface area contributed by atoms with Gasteiger partial charge < -0.3 is 5.32 Å². The first kappa shape index (κ1) is 22.5. The normalized spacial score (nSPS) is 12.4. The molecule has 0 saturated carbocycles. The molecule has 6 nitrogen and oxygen atoms in total. The molecule has 1 atom stereocenters. The molecule has 1 N–H and O–H groups in total. The Kier molecular flexibility index (Phi) is 6.97. The summed E-state index contributed by atoms with van der Waals surface area (Å²) in [4.78, 5) is 20.6. The van der Waals surface area contributed by atoms with Gasteiger partial charge in [0.25, 0.3) is 5.91 Å². The lowest BCUT2D eigenvalue weighted by Crippen LogP contribution is -2.29. The van der Waals surface area contributed by atoms with Gasteiger partial charge in [-0.15, -0.1) is 0 Å². The van der Waals surface area contributed by atoms with E-state index in [9.17, 15) is 18.0 Å². The van der Waals surface area contributed by atoms with Gasteiger partial charge in [0.2, 0.25) is 5.13 Å². The molecule has 2 heterocycles. The van der Waals surface area contributed by atoms with Crippen molar-refractivity contribution < 1.29 is 18.0 Å². The molecule has 0 fully saturated rings. The number of rotatable bonds is 4. The van der Waals surface area contributed by atoms with Gasteiger partial charge in [0.15, 0.2) is 5.82 Å². The van der Waals surface area contributed by atoms with Crippen molar-refractivity contribution in [3.05, 3.63) is 57.0 Å². The number of amides is 1. The van der Waals surface area contributed by atoms with Gasteiger partial charge in [-0.1, -0.05) is 34.5 Å². The average molecular weight is 470 g/mol. The predicted molar refractivity (Wildman–Crippen MR) is 105 cm³/mol. The number of hydrogen-bond donors (Lipinski definition) is 1. The predicted octanol–water partition coefficient (Wildman–Crippen LogP) is 4.65. The minimum absolute atomic E-state index is 0. The van der Waals surface area contributed by atoms with E-state index in [1.807, 2.05) is 0 Å². The van der Waals surface area contributed by atoms with Crippen molar-refractivity contribution >= 4 is 53.9 Å². The van der Waals surface area contributed by atoms with E-state index in [4.69, 9.17) is 23.2 Å². The van der Waals surface area contributed by atoms with Gasteiger partial charge in [0.05, 0.1) is 17.8 Å². The zero-order valence-electron chi connectivity index (χ0n) is 14.0. The summed E-state index contributed by atoms with van der Waals surface area (Å²) < 4.78 is 40.6. The number of alkyl halides is 3. The van der Waals surface area contributed by atoms with Crippen LogP contribution in [0.3, 0.4) is 0 Å². The smallest absolute Gasteiger partial charge is 0.342 e. The van der Waals surface area contributed by atoms with E-state index in [2.05, 4.69) is 20.4 Å². The lowest BCUT2D eigenvalue weighted by Gasteiger charge is -2.15. The van der Waals surface area contributed by atoms with E-state index in [1.54, 1.807) is 6.92 Å². The first-order valence-electron chi connectivity index (χ1n) is 7.35. The molecule has 3 aromatic rings. The summed E-state index contributed by atoms with van der Waals surface area (Å²) in [6, 6.07) is 1.98. The maximum absolute atomic E-state index is 12.9. The number of halogens is 5. The second kappa shape index (κ2) is 8.68. The van der Waals surface area contributed by atoms with Crippen molar-refractivity contribution in [1.29, 1.82) is 0 Å². The Morgan fingerprint density at radius 3 is 2.57 bits per heavy atom. The summed E-state index contributed by atoms with van der Waals surface area (Å²) in [5.41, 5.74) is -1.22. The largest absolute Gasteiger partial charge is 0.416 e. The second-order valence-corrected chi connectivity index (χ2v) is 7.48. The van der Waals surface area contributed by atoms with Crippen LogP contribution in [0.2, 0.25) is 9.36 Å². The highest BCUT2D eigenvalue weighted by Gasteiger charge is 2.32. The second-order valence-electron chi connectivity index (χ2n) is 5.40. The van der Waals surface area contributed by atoms with Crippen LogP contribution >= 0.6 is 48.0 Å². The third-order valence-electron chi connectivity index (χ3n) is 3.44. The summed E-state index contributed by atoms with van der Waals surface area (Å²) in [5, 5.41) is 6.86. The molecule has 0 unspecified atom stereocenters. The summed E-state index contributed by atoms with van der Waals surface area (Å²) in [5.74, 6) is -0.394. The summed E-state index contributed by atoms with van der Waals surface area (Å²) in [7, 11) is 0. The van der Waals surface area contributed by atoms with Crippen LogP contribution in [0.15, 0.2) is 30.7 Å². The molecule has 0 spiro atoms. The van der Waals surface area contributed by atoms with Crippen molar-refractivity contribution in [2.45, 2.75) is 19.1 Å². The number of carbonyl (C=O) groups excluding carboxylic acids is 1. The van der Waals surface area contributed by atoms with Crippen molar-refractivity contribution in [3.8, 4) is 5.13 Å². The quantitative estimate of drug-likeness (QED) is 0.603. The van der Waals surface area contributed by atoms with Crippen molar-refractivity contribution in [2.24, 2.45) is 0 Å². The highest BCUT2D eigenvalue weighted by molar-refractivity contribution is 7.59. The molecular formula is C15H12Cl2F3N5OS2. The molecule has 0 saturated heterocycles. The fourth-order valence-corrected chi connectivity index (χ4v) is 3.37. The molecule has 0 aliphatic carbocycles. The minimum atomic E-state index is -4.62. The zero-order valence-corrected chi connectivity index (χ0v) is 17.3. The molecule has 0 bridgehead atoms. The Morgan fingerprint density at radius 1 is 1.25 bits per heavy atom. The number of thiazole rings is 1. The topological polar surface area (TPSA) is 72.7 Å². The van der Waals surface area contributed by atoms with E-state index >= 15 is 0 Å². The Morgan fingerprint density at radius 2 is 1.96 bits per heavy atom. The van der Waals surface area contributed by atoms with E-state index in [-0.39, 0.29) is 24.1 Å². The van der Waals surface area contributed by atoms with Crippen molar-refractivity contribution in [3.63, 3.8) is 0 Å². The fraction of sp³-hybridized carbons (Fsp3) is 0.200. The average Bonchev–Trinajstić information content (AvgIpc) is 3.21. The lowest BCUT2D eigenvalue weighted by molar-refractivity contribution is -0.137. The first-order chi connectivity index (χ1) is 12.6. The van der Waals surface area contributed by atoms with Crippen LogP contribution in [-0.4, -0.2) is 25.7 Å². The summed E-state index contributed by atoms with van der Waals surface area (Å²) >= 11 is 12.7. The number of aromatic nitrogens is 4. The first-order valence-corrected chi connectivity index (χ1v) is 8.92. The van der Waals surface area contributed by atoms with Crippen LogP contribution in [-0.2, 0) is 6.18 Å². The van der Waals surface area contributed by atoms with E-state index in [1.165, 1.54) is 17.2 Å². The van der Waals surface area contributed by atoms with Crippen LogP contribution in [0.4, 0.5) is 13.2 Å². The number of hydrogen-bond acceptors (Lipinski definition) is 5. The van der Waals surface area contributed by atoms with Gasteiger partial charge in [-0.25, -0.2) is 9.97 Å². The third kappa shape index (κ3) is 4.96. The lowest BCUT2D eigenvalue weighted by atomic mass is 10.1. The molecule has 1 amide bonds. The van der Waals surface area contributed by atoms with Gasteiger partial charge >= 0.3 is 6.18 Å². The Labute approximate surface area is 178 Å². The molecule has 13 heteroatoms. The number of nitrogens with one attached hydrogen (secondary N) is 1. The SMILES string of the molecule is C[C@H](NC(=O)c1cc(Cl)cc(C(F)(F)F)c1)c1ncnn1-c1ncc(Cl)s1.S. The molecule has 0 aliphatic heterocycles. The van der Waals surface area contributed by atoms with Gasteiger partial charge in [0.1, 0.15) is 10.7 Å². The summed E-state index contributed by atoms with van der Waals surface area (Å²) in [6.45, 7) is 1.61. The number of benzene rings is 1. The molecular weight excluding hydrogens is 458 g/mol. The van der Waals surface area contributed by atoms with Gasteiger partial charge in [-0.3, -0.25) is 4.79 Å². The molecule has 0 radical (unpaired) electrons. The van der Waals surface area contributed by atoms with E-state index in [0.717, 1.165) is 29.5 Å². The monoisotopic (exact) mass is 469 g/mol. The standard InChI is InChI=1S/C15H10Cl2F3N5OS.H2S/c1-7(12-22-6-23-25(12)14-21-5-11(17)27-14)24-13(26)8-2-9(15(18,19)20)4-10(16)3-8;/h2-7H,1H3,(H,24,26);1H2/t7-;/m0./s1. The van der Waals surface area contributed by atoms with Gasteiger partial charge in [-0.2, -0.15) is 36.4 Å². The Hall–Kier alpha value is -1.82. The third-order valence-corrected chi connectivity index (χ3v) is 4.75. The highest BCUT2D eigenvalue weighted by atomic mass is 35.5. The van der Waals surface area contributed by atoms with Crippen LogP contribution in [0.5, 0.6) is 0 Å². The molecule has 1 aromatic carbocycles. The van der Waals surface area contributed by atoms with Crippen LogP contribution in [0.25, 0.3) is 5.13 Å². The Bertz CT molecular complexity index is 992. The molecule has 0 aliphatic rings. The molecule has 3 rings (SSSR count). The van der Waals surface area contributed by atoms with Crippen LogP contribution in [0.1, 0.15) is 34.7 Å². The van der Waals surface area contributed by atoms with Crippen LogP contribution < -0.4 is 5.32 Å². The number of carbonyl (C=O) groups is 1. The Balaban J connectivity index is 0.00000280. The van der Waals surface area contributed by atoms with Crippen molar-refractivity contribution in [2.75, 3.05) is 0 Å². The zero-order chi connectivity index (χ0) is 19.8. The van der Waals surface area contributed by atoms with Gasteiger partial charge in [-0.05, 0) is 25.1 Å². The maximum atomic E-state index is 12.9. The van der Waals surface area contributed by atoms with Gasteiger partial charge in [0, 0.05) is 10.6 Å².